The van der Waals surface area contributed by atoms with Gasteiger partial charge < -0.3 is 14.8 Å². The zero-order valence-electron chi connectivity index (χ0n) is 18.9. The third kappa shape index (κ3) is 6.18. The van der Waals surface area contributed by atoms with Crippen molar-refractivity contribution in [3.05, 3.63) is 93.0 Å². The molecular weight excluding hydrogens is 479 g/mol. The first-order chi connectivity index (χ1) is 17.0. The molecule has 3 aromatic rings. The van der Waals surface area contributed by atoms with Crippen LogP contribution in [0.25, 0.3) is 6.08 Å². The highest BCUT2D eigenvalue weighted by atomic mass is 19.4. The number of rotatable bonds is 7. The molecule has 0 saturated heterocycles. The molecule has 3 rings (SSSR count). The second-order valence-electron chi connectivity index (χ2n) is 7.44. The SMILES string of the molecule is COc1cc(/C=C(\C#N)C(=O)Nc2cccc(C)c2)ccc1Oc1ccc(C(F)(F)F)cc1[N+](=O)[O-]. The Morgan fingerprint density at radius 3 is 2.42 bits per heavy atom. The van der Waals surface area contributed by atoms with Crippen molar-refractivity contribution in [2.24, 2.45) is 0 Å². The van der Waals surface area contributed by atoms with Gasteiger partial charge in [0.05, 0.1) is 17.6 Å². The number of alkyl halides is 3. The molecule has 11 heteroatoms. The van der Waals surface area contributed by atoms with E-state index in [2.05, 4.69) is 5.32 Å². The minimum absolute atomic E-state index is 0.0276. The summed E-state index contributed by atoms with van der Waals surface area (Å²) in [5.41, 5.74) is -0.468. The van der Waals surface area contributed by atoms with Crippen LogP contribution >= 0.6 is 0 Å². The number of nitro benzene ring substituents is 1. The first-order valence-corrected chi connectivity index (χ1v) is 10.2. The van der Waals surface area contributed by atoms with E-state index in [-0.39, 0.29) is 17.1 Å². The molecule has 1 N–H and O–H groups in total. The zero-order valence-corrected chi connectivity index (χ0v) is 18.9. The van der Waals surface area contributed by atoms with Gasteiger partial charge in [0.25, 0.3) is 5.91 Å². The average molecular weight is 497 g/mol. The summed E-state index contributed by atoms with van der Waals surface area (Å²) in [6, 6.07) is 14.9. The predicted molar refractivity (Wildman–Crippen MR) is 125 cm³/mol. The number of nitrogens with one attached hydrogen (secondary N) is 1. The lowest BCUT2D eigenvalue weighted by Gasteiger charge is -2.13. The van der Waals surface area contributed by atoms with Crippen molar-refractivity contribution in [2.45, 2.75) is 13.1 Å². The van der Waals surface area contributed by atoms with Gasteiger partial charge in [0, 0.05) is 11.8 Å². The van der Waals surface area contributed by atoms with E-state index in [4.69, 9.17) is 9.47 Å². The van der Waals surface area contributed by atoms with Crippen molar-refractivity contribution in [1.82, 2.24) is 0 Å². The molecule has 36 heavy (non-hydrogen) atoms. The highest BCUT2D eigenvalue weighted by molar-refractivity contribution is 6.09. The number of anilines is 1. The number of amides is 1. The van der Waals surface area contributed by atoms with Gasteiger partial charge in [-0.25, -0.2) is 0 Å². The first kappa shape index (κ1) is 25.8. The monoisotopic (exact) mass is 497 g/mol. The van der Waals surface area contributed by atoms with Crippen LogP contribution in [-0.2, 0) is 11.0 Å². The number of carbonyl (C=O) groups excluding carboxylic acids is 1. The highest BCUT2D eigenvalue weighted by Crippen LogP contribution is 2.40. The molecule has 0 unspecified atom stereocenters. The minimum atomic E-state index is -4.76. The van der Waals surface area contributed by atoms with E-state index < -0.39 is 34.0 Å². The number of carbonyl (C=O) groups is 1. The maximum absolute atomic E-state index is 12.9. The largest absolute Gasteiger partial charge is 0.493 e. The number of halogens is 3. The number of benzene rings is 3. The summed E-state index contributed by atoms with van der Waals surface area (Å²) in [7, 11) is 1.28. The molecule has 0 bridgehead atoms. The standard InChI is InChI=1S/C25H18F3N3O5/c1-15-4-3-5-19(10-15)30-24(32)17(14-29)11-16-6-8-22(23(12-16)35-2)36-21-9-7-18(25(26,27)28)13-20(21)31(33)34/h3-13H,1-2H3,(H,30,32)/b17-11+. The van der Waals surface area contributed by atoms with E-state index in [0.29, 0.717) is 23.4 Å². The Bertz CT molecular complexity index is 1390. The Morgan fingerprint density at radius 2 is 1.81 bits per heavy atom. The van der Waals surface area contributed by atoms with Crippen LogP contribution in [0.15, 0.2) is 66.2 Å². The molecule has 0 heterocycles. The van der Waals surface area contributed by atoms with Gasteiger partial charge in [-0.2, -0.15) is 18.4 Å². The number of aryl methyl sites for hydroxylation is 1. The Labute approximate surface area is 203 Å². The number of nitrogens with zero attached hydrogens (tertiary/aromatic N) is 2. The molecule has 0 aliphatic carbocycles. The minimum Gasteiger partial charge on any atom is -0.493 e. The van der Waals surface area contributed by atoms with Gasteiger partial charge in [0.1, 0.15) is 11.6 Å². The average Bonchev–Trinajstić information content (AvgIpc) is 2.82. The maximum atomic E-state index is 12.9. The summed E-state index contributed by atoms with van der Waals surface area (Å²) in [6.45, 7) is 1.85. The fraction of sp³-hybridized carbons (Fsp3) is 0.120. The molecule has 1 amide bonds. The Balaban J connectivity index is 1.89. The molecule has 8 nitrogen and oxygen atoms in total. The lowest BCUT2D eigenvalue weighted by molar-refractivity contribution is -0.385. The predicted octanol–water partition coefficient (Wildman–Crippen LogP) is 6.27. The number of methoxy groups -OCH3 is 1. The van der Waals surface area contributed by atoms with E-state index in [1.165, 1.54) is 31.4 Å². The van der Waals surface area contributed by atoms with E-state index in [1.807, 2.05) is 19.1 Å². The first-order valence-electron chi connectivity index (χ1n) is 10.2. The Kier molecular flexibility index (Phi) is 7.59. The molecular formula is C25H18F3N3O5. The summed E-state index contributed by atoms with van der Waals surface area (Å²) in [4.78, 5) is 22.9. The maximum Gasteiger partial charge on any atom is 0.416 e. The summed E-state index contributed by atoms with van der Waals surface area (Å²) in [6.07, 6.45) is -3.46. The third-order valence-corrected chi connectivity index (χ3v) is 4.84. The van der Waals surface area contributed by atoms with Crippen LogP contribution in [0.5, 0.6) is 17.2 Å². The molecule has 0 aliphatic rings. The summed E-state index contributed by atoms with van der Waals surface area (Å²) in [5, 5.41) is 23.4. The highest BCUT2D eigenvalue weighted by Gasteiger charge is 2.33. The molecule has 184 valence electrons. The van der Waals surface area contributed by atoms with E-state index in [9.17, 15) is 33.3 Å². The molecule has 0 saturated carbocycles. The molecule has 0 aromatic heterocycles. The number of nitro groups is 1. The van der Waals surface area contributed by atoms with Crippen LogP contribution in [-0.4, -0.2) is 17.9 Å². The smallest absolute Gasteiger partial charge is 0.416 e. The second-order valence-corrected chi connectivity index (χ2v) is 7.44. The zero-order chi connectivity index (χ0) is 26.5. The van der Waals surface area contributed by atoms with Crippen molar-refractivity contribution in [2.75, 3.05) is 12.4 Å². The number of hydrogen-bond donors (Lipinski definition) is 1. The van der Waals surface area contributed by atoms with Crippen LogP contribution in [0.3, 0.4) is 0 Å². The van der Waals surface area contributed by atoms with Crippen LogP contribution in [0.4, 0.5) is 24.5 Å². The van der Waals surface area contributed by atoms with Crippen LogP contribution in [0, 0.1) is 28.4 Å². The molecule has 0 spiro atoms. The van der Waals surface area contributed by atoms with Crippen LogP contribution < -0.4 is 14.8 Å². The van der Waals surface area contributed by atoms with Crippen molar-refractivity contribution in [1.29, 1.82) is 5.26 Å². The van der Waals surface area contributed by atoms with Gasteiger partial charge >= 0.3 is 11.9 Å². The van der Waals surface area contributed by atoms with Gasteiger partial charge in [-0.15, -0.1) is 0 Å². The third-order valence-electron chi connectivity index (χ3n) is 4.84. The lowest BCUT2D eigenvalue weighted by atomic mass is 10.1. The number of hydrogen-bond acceptors (Lipinski definition) is 6. The topological polar surface area (TPSA) is 114 Å². The van der Waals surface area contributed by atoms with Crippen LogP contribution in [0.1, 0.15) is 16.7 Å². The fourth-order valence-electron chi connectivity index (χ4n) is 3.14. The van der Waals surface area contributed by atoms with Gasteiger partial charge in [0.15, 0.2) is 11.5 Å². The quantitative estimate of drug-likeness (QED) is 0.178. The van der Waals surface area contributed by atoms with E-state index in [0.717, 1.165) is 11.6 Å². The molecule has 3 aromatic carbocycles. The van der Waals surface area contributed by atoms with Gasteiger partial charge in [-0.3, -0.25) is 14.9 Å². The molecule has 0 atom stereocenters. The van der Waals surface area contributed by atoms with E-state index >= 15 is 0 Å². The van der Waals surface area contributed by atoms with E-state index in [1.54, 1.807) is 18.2 Å². The van der Waals surface area contributed by atoms with Crippen LogP contribution in [0.2, 0.25) is 0 Å². The number of ether oxygens (including phenoxy) is 2. The summed E-state index contributed by atoms with van der Waals surface area (Å²) in [5.74, 6) is -1.03. The molecule has 0 fully saturated rings. The Morgan fingerprint density at radius 1 is 1.08 bits per heavy atom. The van der Waals surface area contributed by atoms with Crippen molar-refractivity contribution in [3.8, 4) is 23.3 Å². The van der Waals surface area contributed by atoms with Gasteiger partial charge in [-0.1, -0.05) is 18.2 Å². The fourth-order valence-corrected chi connectivity index (χ4v) is 3.14. The van der Waals surface area contributed by atoms with Gasteiger partial charge in [-0.05, 0) is 60.5 Å². The normalized spacial score (nSPS) is 11.4. The Hall–Kier alpha value is -4.85. The second kappa shape index (κ2) is 10.6. The summed E-state index contributed by atoms with van der Waals surface area (Å²) < 4.78 is 49.5. The summed E-state index contributed by atoms with van der Waals surface area (Å²) >= 11 is 0. The van der Waals surface area contributed by atoms with Crippen molar-refractivity contribution < 1.29 is 32.4 Å². The molecule has 0 radical (unpaired) electrons. The van der Waals surface area contributed by atoms with Gasteiger partial charge in [0.2, 0.25) is 5.75 Å². The molecule has 0 aliphatic heterocycles. The van der Waals surface area contributed by atoms with Crippen molar-refractivity contribution in [3.63, 3.8) is 0 Å². The number of nitriles is 1. The lowest BCUT2D eigenvalue weighted by Crippen LogP contribution is -2.13. The van der Waals surface area contributed by atoms with Crippen molar-refractivity contribution >= 4 is 23.4 Å².